The maximum atomic E-state index is 12.7. The Morgan fingerprint density at radius 3 is 2.19 bits per heavy atom. The predicted molar refractivity (Wildman–Crippen MR) is 100 cm³/mol. The third-order valence-corrected chi connectivity index (χ3v) is 6.39. The molecule has 0 aliphatic carbocycles. The van der Waals surface area contributed by atoms with Crippen LogP contribution in [0.3, 0.4) is 0 Å². The third-order valence-electron chi connectivity index (χ3n) is 4.47. The van der Waals surface area contributed by atoms with E-state index >= 15 is 0 Å². The molecular weight excluding hydrogens is 366 g/mol. The molecular formula is C19H21N3O4S. The minimum atomic E-state index is -3.63. The molecule has 1 saturated heterocycles. The Morgan fingerprint density at radius 2 is 1.59 bits per heavy atom. The Morgan fingerprint density at radius 1 is 0.963 bits per heavy atom. The standard InChI is InChI=1S/C19H21N3O4S/c23-15-21-10-12-22(13-11-21)27(25,26)18-8-6-17(7-9-18)19(24)20-14-16-4-2-1-3-5-16/h1-9,15H,10-14H2,(H,20,24). The van der Waals surface area contributed by atoms with Crippen LogP contribution in [0.1, 0.15) is 15.9 Å². The molecule has 3 rings (SSSR count). The topological polar surface area (TPSA) is 86.8 Å². The van der Waals surface area contributed by atoms with Gasteiger partial charge < -0.3 is 10.2 Å². The average molecular weight is 387 g/mol. The van der Waals surface area contributed by atoms with Gasteiger partial charge in [-0.3, -0.25) is 9.59 Å². The van der Waals surface area contributed by atoms with Gasteiger partial charge in [0.1, 0.15) is 0 Å². The van der Waals surface area contributed by atoms with Crippen molar-refractivity contribution in [2.24, 2.45) is 0 Å². The maximum Gasteiger partial charge on any atom is 0.251 e. The lowest BCUT2D eigenvalue weighted by Gasteiger charge is -2.31. The zero-order chi connectivity index (χ0) is 19.3. The van der Waals surface area contributed by atoms with Gasteiger partial charge in [-0.05, 0) is 29.8 Å². The lowest BCUT2D eigenvalue weighted by molar-refractivity contribution is -0.119. The lowest BCUT2D eigenvalue weighted by atomic mass is 10.2. The van der Waals surface area contributed by atoms with Gasteiger partial charge >= 0.3 is 0 Å². The van der Waals surface area contributed by atoms with Crippen LogP contribution in [0.2, 0.25) is 0 Å². The van der Waals surface area contributed by atoms with Crippen molar-refractivity contribution in [3.8, 4) is 0 Å². The predicted octanol–water partition coefficient (Wildman–Crippen LogP) is 1.08. The van der Waals surface area contributed by atoms with Gasteiger partial charge in [-0.1, -0.05) is 30.3 Å². The molecule has 0 spiro atoms. The molecule has 2 aromatic rings. The van der Waals surface area contributed by atoms with Crippen molar-refractivity contribution < 1.29 is 18.0 Å². The Kier molecular flexibility index (Phi) is 5.88. The summed E-state index contributed by atoms with van der Waals surface area (Å²) in [6.07, 6.45) is 0.729. The fraction of sp³-hybridized carbons (Fsp3) is 0.263. The first-order valence-electron chi connectivity index (χ1n) is 8.62. The highest BCUT2D eigenvalue weighted by molar-refractivity contribution is 7.89. The second-order valence-corrected chi connectivity index (χ2v) is 8.18. The van der Waals surface area contributed by atoms with E-state index in [1.165, 1.54) is 28.6 Å². The summed E-state index contributed by atoms with van der Waals surface area (Å²) in [7, 11) is -3.63. The van der Waals surface area contributed by atoms with E-state index in [9.17, 15) is 18.0 Å². The van der Waals surface area contributed by atoms with Crippen LogP contribution in [0.25, 0.3) is 0 Å². The average Bonchev–Trinajstić information content (AvgIpc) is 2.73. The Labute approximate surface area is 158 Å². The van der Waals surface area contributed by atoms with Gasteiger partial charge in [0.2, 0.25) is 16.4 Å². The van der Waals surface area contributed by atoms with E-state index in [1.54, 1.807) is 4.90 Å². The molecule has 0 radical (unpaired) electrons. The van der Waals surface area contributed by atoms with Gasteiger partial charge in [0.15, 0.2) is 0 Å². The summed E-state index contributed by atoms with van der Waals surface area (Å²) in [5.74, 6) is -0.262. The largest absolute Gasteiger partial charge is 0.348 e. The molecule has 0 bridgehead atoms. The number of benzene rings is 2. The first-order valence-corrected chi connectivity index (χ1v) is 10.1. The van der Waals surface area contributed by atoms with Gasteiger partial charge in [-0.25, -0.2) is 8.42 Å². The smallest absolute Gasteiger partial charge is 0.251 e. The van der Waals surface area contributed by atoms with Gasteiger partial charge in [0.25, 0.3) is 5.91 Å². The summed E-state index contributed by atoms with van der Waals surface area (Å²) in [4.78, 5) is 24.7. The van der Waals surface area contributed by atoms with Crippen molar-refractivity contribution in [2.75, 3.05) is 26.2 Å². The minimum Gasteiger partial charge on any atom is -0.348 e. The van der Waals surface area contributed by atoms with E-state index in [0.29, 0.717) is 25.2 Å². The van der Waals surface area contributed by atoms with Gasteiger partial charge in [0.05, 0.1) is 4.90 Å². The van der Waals surface area contributed by atoms with Crippen LogP contribution in [0.5, 0.6) is 0 Å². The van der Waals surface area contributed by atoms with E-state index in [1.807, 2.05) is 30.3 Å². The number of carbonyl (C=O) groups is 2. The lowest BCUT2D eigenvalue weighted by Crippen LogP contribution is -2.47. The zero-order valence-corrected chi connectivity index (χ0v) is 15.6. The van der Waals surface area contributed by atoms with E-state index in [0.717, 1.165) is 12.0 Å². The van der Waals surface area contributed by atoms with Gasteiger partial charge in [0, 0.05) is 38.3 Å². The van der Waals surface area contributed by atoms with Crippen LogP contribution in [0.4, 0.5) is 0 Å². The van der Waals surface area contributed by atoms with E-state index in [-0.39, 0.29) is 23.9 Å². The first-order chi connectivity index (χ1) is 13.0. The fourth-order valence-electron chi connectivity index (χ4n) is 2.86. The number of rotatable bonds is 6. The van der Waals surface area contributed by atoms with Crippen molar-refractivity contribution in [1.82, 2.24) is 14.5 Å². The molecule has 27 heavy (non-hydrogen) atoms. The van der Waals surface area contributed by atoms with Crippen LogP contribution in [0.15, 0.2) is 59.5 Å². The number of sulfonamides is 1. The molecule has 2 amide bonds. The van der Waals surface area contributed by atoms with Crippen molar-refractivity contribution in [2.45, 2.75) is 11.4 Å². The molecule has 0 aromatic heterocycles. The summed E-state index contributed by atoms with van der Waals surface area (Å²) in [6.45, 7) is 1.69. The highest BCUT2D eigenvalue weighted by Crippen LogP contribution is 2.18. The molecule has 0 atom stereocenters. The molecule has 7 nitrogen and oxygen atoms in total. The molecule has 2 aromatic carbocycles. The number of carbonyl (C=O) groups excluding carboxylic acids is 2. The second-order valence-electron chi connectivity index (χ2n) is 6.24. The van der Waals surface area contributed by atoms with Crippen LogP contribution in [0, 0.1) is 0 Å². The van der Waals surface area contributed by atoms with Crippen molar-refractivity contribution in [3.63, 3.8) is 0 Å². The SMILES string of the molecule is O=CN1CCN(S(=O)(=O)c2ccc(C(=O)NCc3ccccc3)cc2)CC1. The highest BCUT2D eigenvalue weighted by atomic mass is 32.2. The zero-order valence-electron chi connectivity index (χ0n) is 14.7. The first kappa shape index (κ1) is 19.1. The summed E-state index contributed by atoms with van der Waals surface area (Å²) in [6, 6.07) is 15.4. The van der Waals surface area contributed by atoms with Crippen LogP contribution in [-0.2, 0) is 21.4 Å². The Bertz CT molecular complexity index is 890. The fourth-order valence-corrected chi connectivity index (χ4v) is 4.28. The number of amides is 2. The molecule has 1 heterocycles. The van der Waals surface area contributed by atoms with E-state index in [4.69, 9.17) is 0 Å². The number of hydrogen-bond acceptors (Lipinski definition) is 4. The number of piperazine rings is 1. The normalized spacial score (nSPS) is 15.3. The monoisotopic (exact) mass is 387 g/mol. The van der Waals surface area contributed by atoms with Gasteiger partial charge in [-0.15, -0.1) is 0 Å². The Balaban J connectivity index is 1.64. The third kappa shape index (κ3) is 4.53. The van der Waals surface area contributed by atoms with E-state index < -0.39 is 10.0 Å². The molecule has 1 aliphatic heterocycles. The van der Waals surface area contributed by atoms with Crippen LogP contribution < -0.4 is 5.32 Å². The minimum absolute atomic E-state index is 0.140. The van der Waals surface area contributed by atoms with Crippen LogP contribution in [-0.4, -0.2) is 56.1 Å². The Hall–Kier alpha value is -2.71. The summed E-state index contributed by atoms with van der Waals surface area (Å²) in [5, 5.41) is 2.81. The number of hydrogen-bond donors (Lipinski definition) is 1. The van der Waals surface area contributed by atoms with Crippen molar-refractivity contribution >= 4 is 22.3 Å². The molecule has 1 fully saturated rings. The number of nitrogens with one attached hydrogen (secondary N) is 1. The molecule has 0 unspecified atom stereocenters. The highest BCUT2D eigenvalue weighted by Gasteiger charge is 2.28. The quantitative estimate of drug-likeness (QED) is 0.752. The second kappa shape index (κ2) is 8.32. The molecule has 142 valence electrons. The maximum absolute atomic E-state index is 12.7. The summed E-state index contributed by atoms with van der Waals surface area (Å²) < 4.78 is 26.7. The molecule has 0 saturated carbocycles. The van der Waals surface area contributed by atoms with Crippen molar-refractivity contribution in [1.29, 1.82) is 0 Å². The van der Waals surface area contributed by atoms with E-state index in [2.05, 4.69) is 5.32 Å². The van der Waals surface area contributed by atoms with Crippen LogP contribution >= 0.6 is 0 Å². The van der Waals surface area contributed by atoms with Crippen molar-refractivity contribution in [3.05, 3.63) is 65.7 Å². The molecule has 1 N–H and O–H groups in total. The molecule has 1 aliphatic rings. The van der Waals surface area contributed by atoms with Gasteiger partial charge in [-0.2, -0.15) is 4.31 Å². The number of nitrogens with zero attached hydrogens (tertiary/aromatic N) is 2. The molecule has 8 heteroatoms. The summed E-state index contributed by atoms with van der Waals surface area (Å²) >= 11 is 0. The summed E-state index contributed by atoms with van der Waals surface area (Å²) in [5.41, 5.74) is 1.38.